The van der Waals surface area contributed by atoms with Crippen LogP contribution >= 0.6 is 0 Å². The number of halogens is 3. The topological polar surface area (TPSA) is 71.8 Å². The molecule has 0 atom stereocenters. The summed E-state index contributed by atoms with van der Waals surface area (Å²) in [6.45, 7) is 4.62. The van der Waals surface area contributed by atoms with E-state index in [9.17, 15) is 18.0 Å². The third-order valence-electron chi connectivity index (χ3n) is 4.49. The van der Waals surface area contributed by atoms with Gasteiger partial charge in [0.15, 0.2) is 0 Å². The molecule has 1 aliphatic carbocycles. The summed E-state index contributed by atoms with van der Waals surface area (Å²) in [6, 6.07) is 4.55. The van der Waals surface area contributed by atoms with Gasteiger partial charge in [-0.25, -0.2) is 4.79 Å². The third kappa shape index (κ3) is 3.81. The van der Waals surface area contributed by atoms with Crippen molar-refractivity contribution < 1.29 is 18.0 Å². The second-order valence-corrected chi connectivity index (χ2v) is 6.39. The van der Waals surface area contributed by atoms with Gasteiger partial charge in [0.1, 0.15) is 5.69 Å². The molecule has 0 unspecified atom stereocenters. The molecule has 0 saturated heterocycles. The van der Waals surface area contributed by atoms with Crippen molar-refractivity contribution in [2.45, 2.75) is 51.5 Å². The quantitative estimate of drug-likeness (QED) is 0.853. The fraction of sp³-hybridized carbons (Fsp3) is 0.471. The molecule has 26 heavy (non-hydrogen) atoms. The van der Waals surface area contributed by atoms with E-state index in [1.165, 1.54) is 12.1 Å². The van der Waals surface area contributed by atoms with Crippen molar-refractivity contribution in [1.82, 2.24) is 25.6 Å². The Balaban J connectivity index is 1.60. The Morgan fingerprint density at radius 2 is 1.88 bits per heavy atom. The summed E-state index contributed by atoms with van der Waals surface area (Å²) in [4.78, 5) is 13.8. The van der Waals surface area contributed by atoms with Crippen LogP contribution in [0.2, 0.25) is 0 Å². The molecule has 0 spiro atoms. The minimum absolute atomic E-state index is 0.237. The highest BCUT2D eigenvalue weighted by molar-refractivity contribution is 5.75. The first-order valence-corrected chi connectivity index (χ1v) is 8.38. The molecule has 0 radical (unpaired) electrons. The van der Waals surface area contributed by atoms with Crippen LogP contribution in [0.3, 0.4) is 0 Å². The number of nitrogens with one attached hydrogen (secondary N) is 2. The van der Waals surface area contributed by atoms with Gasteiger partial charge >= 0.3 is 12.2 Å². The number of rotatable bonds is 5. The summed E-state index contributed by atoms with van der Waals surface area (Å²) in [7, 11) is 0. The summed E-state index contributed by atoms with van der Waals surface area (Å²) in [6.07, 6.45) is -2.98. The van der Waals surface area contributed by atoms with E-state index in [4.69, 9.17) is 0 Å². The predicted molar refractivity (Wildman–Crippen MR) is 88.2 cm³/mol. The predicted octanol–water partition coefficient (Wildman–Crippen LogP) is 3.11. The van der Waals surface area contributed by atoms with Crippen LogP contribution in [0.15, 0.2) is 24.3 Å². The van der Waals surface area contributed by atoms with Crippen LogP contribution in [0, 0.1) is 6.92 Å². The fourth-order valence-electron chi connectivity index (χ4n) is 2.78. The Labute approximate surface area is 148 Å². The number of urea groups is 1. The molecule has 9 heteroatoms. The molecular formula is C17H20F3N5O. The van der Waals surface area contributed by atoms with E-state index >= 15 is 0 Å². The van der Waals surface area contributed by atoms with Crippen molar-refractivity contribution in [2.75, 3.05) is 0 Å². The van der Waals surface area contributed by atoms with Crippen LogP contribution in [-0.2, 0) is 24.8 Å². The minimum Gasteiger partial charge on any atom is -0.332 e. The van der Waals surface area contributed by atoms with Crippen LogP contribution in [-0.4, -0.2) is 21.0 Å². The van der Waals surface area contributed by atoms with Gasteiger partial charge < -0.3 is 10.6 Å². The van der Waals surface area contributed by atoms with Gasteiger partial charge in [0.2, 0.25) is 0 Å². The summed E-state index contributed by atoms with van der Waals surface area (Å²) in [5.41, 5.74) is 0.812. The molecule has 0 aliphatic heterocycles. The second-order valence-electron chi connectivity index (χ2n) is 6.39. The third-order valence-corrected chi connectivity index (χ3v) is 4.49. The Morgan fingerprint density at radius 1 is 1.23 bits per heavy atom. The molecule has 1 fully saturated rings. The van der Waals surface area contributed by atoms with Gasteiger partial charge in [-0.3, -0.25) is 0 Å². The molecule has 3 rings (SSSR count). The Kier molecular flexibility index (Phi) is 4.64. The molecular weight excluding hydrogens is 347 g/mol. The van der Waals surface area contributed by atoms with E-state index in [2.05, 4.69) is 20.8 Å². The maximum Gasteiger partial charge on any atom is 0.416 e. The van der Waals surface area contributed by atoms with Gasteiger partial charge in [0.25, 0.3) is 0 Å². The van der Waals surface area contributed by atoms with Crippen LogP contribution < -0.4 is 10.6 Å². The molecule has 1 aromatic heterocycles. The number of hydrogen-bond donors (Lipinski definition) is 2. The number of amides is 2. The van der Waals surface area contributed by atoms with E-state index in [-0.39, 0.29) is 12.6 Å². The Hall–Kier alpha value is -2.58. The van der Waals surface area contributed by atoms with Gasteiger partial charge in [-0.2, -0.15) is 28.2 Å². The smallest absolute Gasteiger partial charge is 0.332 e. The van der Waals surface area contributed by atoms with Crippen molar-refractivity contribution in [3.8, 4) is 0 Å². The standard InChI is InChI=1S/C17H20F3N5O/c1-3-25-23-11(2)14(24-25)10-21-15(26)22-16(8-9-16)12-4-6-13(7-5-12)17(18,19)20/h4-7H,3,8-10H2,1-2H3,(H2,21,22,26). The van der Waals surface area contributed by atoms with E-state index < -0.39 is 17.3 Å². The first-order chi connectivity index (χ1) is 12.2. The average molecular weight is 367 g/mol. The zero-order valence-corrected chi connectivity index (χ0v) is 14.5. The van der Waals surface area contributed by atoms with Gasteiger partial charge in [-0.05, 0) is 44.4 Å². The van der Waals surface area contributed by atoms with Crippen LogP contribution in [0.4, 0.5) is 18.0 Å². The lowest BCUT2D eigenvalue weighted by Gasteiger charge is -2.19. The van der Waals surface area contributed by atoms with E-state index in [1.807, 2.05) is 13.8 Å². The number of aryl methyl sites for hydroxylation is 2. The second kappa shape index (κ2) is 6.62. The Bertz CT molecular complexity index is 794. The lowest BCUT2D eigenvalue weighted by atomic mass is 10.0. The first kappa shape index (κ1) is 18.2. The highest BCUT2D eigenvalue weighted by atomic mass is 19.4. The number of hydrogen-bond acceptors (Lipinski definition) is 3. The van der Waals surface area contributed by atoms with E-state index in [0.29, 0.717) is 30.6 Å². The number of nitrogens with zero attached hydrogens (tertiary/aromatic N) is 3. The molecule has 1 aliphatic rings. The molecule has 6 nitrogen and oxygen atoms in total. The lowest BCUT2D eigenvalue weighted by molar-refractivity contribution is -0.137. The largest absolute Gasteiger partial charge is 0.416 e. The molecule has 1 saturated carbocycles. The monoisotopic (exact) mass is 367 g/mol. The zero-order valence-electron chi connectivity index (χ0n) is 14.5. The Morgan fingerprint density at radius 3 is 2.38 bits per heavy atom. The van der Waals surface area contributed by atoms with Crippen molar-refractivity contribution >= 4 is 6.03 Å². The highest BCUT2D eigenvalue weighted by Crippen LogP contribution is 2.46. The van der Waals surface area contributed by atoms with Crippen molar-refractivity contribution in [1.29, 1.82) is 0 Å². The van der Waals surface area contributed by atoms with Gasteiger partial charge in [0.05, 0.1) is 29.9 Å². The van der Waals surface area contributed by atoms with Crippen molar-refractivity contribution in [2.24, 2.45) is 0 Å². The van der Waals surface area contributed by atoms with Crippen molar-refractivity contribution in [3.63, 3.8) is 0 Å². The van der Waals surface area contributed by atoms with Crippen LogP contribution in [0.25, 0.3) is 0 Å². The minimum atomic E-state index is -4.37. The number of carbonyl (C=O) groups is 1. The van der Waals surface area contributed by atoms with Crippen LogP contribution in [0.1, 0.15) is 42.3 Å². The first-order valence-electron chi connectivity index (χ1n) is 8.38. The normalized spacial score (nSPS) is 15.6. The number of benzene rings is 1. The SMILES string of the molecule is CCn1nc(C)c(CNC(=O)NC2(c3ccc(C(F)(F)F)cc3)CC2)n1. The molecule has 140 valence electrons. The molecule has 1 heterocycles. The fourth-order valence-corrected chi connectivity index (χ4v) is 2.78. The van der Waals surface area contributed by atoms with Gasteiger partial charge in [0, 0.05) is 0 Å². The summed E-state index contributed by atoms with van der Waals surface area (Å²) in [5.74, 6) is 0. The molecule has 0 bridgehead atoms. The maximum atomic E-state index is 12.7. The molecule has 2 amide bonds. The highest BCUT2D eigenvalue weighted by Gasteiger charge is 2.46. The average Bonchev–Trinajstić information content (AvgIpc) is 3.28. The van der Waals surface area contributed by atoms with E-state index in [1.54, 1.807) is 4.80 Å². The number of aromatic nitrogens is 3. The summed E-state index contributed by atoms with van der Waals surface area (Å²) < 4.78 is 38.0. The van der Waals surface area contributed by atoms with Gasteiger partial charge in [-0.15, -0.1) is 0 Å². The summed E-state index contributed by atoms with van der Waals surface area (Å²) >= 11 is 0. The zero-order chi connectivity index (χ0) is 18.9. The lowest BCUT2D eigenvalue weighted by Crippen LogP contribution is -2.42. The molecule has 2 N–H and O–H groups in total. The van der Waals surface area contributed by atoms with E-state index in [0.717, 1.165) is 17.8 Å². The summed E-state index contributed by atoms with van der Waals surface area (Å²) in [5, 5.41) is 14.1. The van der Waals surface area contributed by atoms with Crippen molar-refractivity contribution in [3.05, 3.63) is 46.8 Å². The number of carbonyl (C=O) groups excluding carboxylic acids is 1. The maximum absolute atomic E-state index is 12.7. The molecule has 2 aromatic rings. The van der Waals surface area contributed by atoms with Gasteiger partial charge in [-0.1, -0.05) is 12.1 Å². The number of alkyl halides is 3. The molecule has 1 aromatic carbocycles. The van der Waals surface area contributed by atoms with Crippen LogP contribution in [0.5, 0.6) is 0 Å².